The fraction of sp³-hybridized carbons (Fsp3) is 0.421. The Morgan fingerprint density at radius 2 is 1.57 bits per heavy atom. The Bertz CT molecular complexity index is 1930. The Labute approximate surface area is 313 Å². The lowest BCUT2D eigenvalue weighted by Crippen LogP contribution is -2.41. The van der Waals surface area contributed by atoms with E-state index in [2.05, 4.69) is 35.9 Å². The molecule has 4 rings (SSSR count). The molecule has 7 N–H and O–H groups in total. The third-order valence-corrected chi connectivity index (χ3v) is 7.95. The number of anilines is 2. The van der Waals surface area contributed by atoms with Crippen LogP contribution in [0.3, 0.4) is 0 Å². The summed E-state index contributed by atoms with van der Waals surface area (Å²) in [6, 6.07) is 13.9. The Balaban J connectivity index is 0.00000385. The van der Waals surface area contributed by atoms with Crippen LogP contribution in [0.4, 0.5) is 11.6 Å². The number of nitrogens with one attached hydrogen (secondary N) is 4. The molecule has 0 fully saturated rings. The molecule has 0 saturated carbocycles. The first-order chi connectivity index (χ1) is 25.6. The van der Waals surface area contributed by atoms with Crippen molar-refractivity contribution in [2.24, 2.45) is 0 Å². The average Bonchev–Trinajstić information content (AvgIpc) is 3.15. The van der Waals surface area contributed by atoms with Crippen LogP contribution in [-0.4, -0.2) is 85.6 Å². The number of carbonyl (C=O) groups excluding carboxylic acids is 3. The number of aliphatic carboxylic acids is 1. The zero-order valence-electron chi connectivity index (χ0n) is 31.5. The second-order valence-corrected chi connectivity index (χ2v) is 13.3. The highest BCUT2D eigenvalue weighted by Crippen LogP contribution is 2.18. The van der Waals surface area contributed by atoms with Gasteiger partial charge in [-0.05, 0) is 76.9 Å². The van der Waals surface area contributed by atoms with Gasteiger partial charge < -0.3 is 36.3 Å². The Hall–Kier alpha value is -5.74. The summed E-state index contributed by atoms with van der Waals surface area (Å²) in [6.45, 7) is 12.0. The van der Waals surface area contributed by atoms with Gasteiger partial charge in [-0.25, -0.2) is 14.8 Å². The molecule has 0 aliphatic heterocycles. The van der Waals surface area contributed by atoms with E-state index in [1.165, 1.54) is 18.3 Å². The average molecular weight is 747 g/mol. The summed E-state index contributed by atoms with van der Waals surface area (Å²) >= 11 is 0. The van der Waals surface area contributed by atoms with Gasteiger partial charge in [0.15, 0.2) is 16.9 Å². The van der Waals surface area contributed by atoms with Gasteiger partial charge in [0.05, 0.1) is 36.2 Å². The fourth-order valence-corrected chi connectivity index (χ4v) is 4.82. The molecule has 4 aromatic rings. The van der Waals surface area contributed by atoms with Gasteiger partial charge >= 0.3 is 5.97 Å². The highest BCUT2D eigenvalue weighted by Gasteiger charge is 2.26. The lowest BCUT2D eigenvalue weighted by Gasteiger charge is -2.30. The monoisotopic (exact) mass is 746 g/mol. The standard InChI is InChI=1S/C36H44N8O8.C2H6/c1-35(2,16-17-51-36(3,4)21-40-30(46)22-8-6-5-7-9-22)52-20-26(45)14-15-27(33(49)50)42-31(47)23-10-12-24(13-11-23)38-18-25-19-39-29-28(41-25)32(48)44-34(37)43-29;1-2/h5-13,19,27,38H,14-18,20-21H2,1-4H3,(H,40,46)(H,42,47)(H,49,50)(H3,37,39,43,44,48);1-2H3. The number of ether oxygens (including phenoxy) is 2. The topological polar surface area (TPSA) is 241 Å². The Kier molecular flexibility index (Phi) is 15.7. The van der Waals surface area contributed by atoms with E-state index in [9.17, 15) is 29.1 Å². The first kappa shape index (κ1) is 42.7. The summed E-state index contributed by atoms with van der Waals surface area (Å²) in [4.78, 5) is 76.5. The van der Waals surface area contributed by atoms with Gasteiger partial charge in [-0.3, -0.25) is 24.2 Å². The molecule has 54 heavy (non-hydrogen) atoms. The minimum Gasteiger partial charge on any atom is -0.480 e. The summed E-state index contributed by atoms with van der Waals surface area (Å²) in [5, 5.41) is 18.2. The first-order valence-corrected chi connectivity index (χ1v) is 17.6. The van der Waals surface area contributed by atoms with Crippen LogP contribution < -0.4 is 27.2 Å². The van der Waals surface area contributed by atoms with E-state index >= 15 is 0 Å². The number of carboxylic acids is 1. The molecule has 0 saturated heterocycles. The number of hydrogen-bond acceptors (Lipinski definition) is 12. The quantitative estimate of drug-likeness (QED) is 0.0800. The Morgan fingerprint density at radius 3 is 2.24 bits per heavy atom. The largest absolute Gasteiger partial charge is 0.480 e. The van der Waals surface area contributed by atoms with E-state index in [0.717, 1.165) is 0 Å². The molecule has 0 bridgehead atoms. The van der Waals surface area contributed by atoms with Crippen LogP contribution in [-0.2, 0) is 25.6 Å². The molecule has 2 aromatic heterocycles. The predicted octanol–water partition coefficient (Wildman–Crippen LogP) is 3.88. The molecular formula is C38H50N8O8. The third-order valence-electron chi connectivity index (χ3n) is 7.95. The number of amides is 2. The van der Waals surface area contributed by atoms with Crippen molar-refractivity contribution in [1.82, 2.24) is 30.6 Å². The molecule has 2 heterocycles. The van der Waals surface area contributed by atoms with Crippen LogP contribution >= 0.6 is 0 Å². The van der Waals surface area contributed by atoms with Gasteiger partial charge in [-0.15, -0.1) is 0 Å². The van der Waals surface area contributed by atoms with Crippen molar-refractivity contribution < 1.29 is 33.8 Å². The van der Waals surface area contributed by atoms with Gasteiger partial charge in [-0.1, -0.05) is 32.0 Å². The van der Waals surface area contributed by atoms with Crippen LogP contribution in [0.15, 0.2) is 65.6 Å². The zero-order chi connectivity index (χ0) is 39.9. The van der Waals surface area contributed by atoms with Crippen LogP contribution in [0.25, 0.3) is 11.2 Å². The second kappa shape index (κ2) is 19.9. The number of aromatic amines is 1. The molecule has 1 unspecified atom stereocenters. The maximum absolute atomic E-state index is 12.8. The number of H-pyrrole nitrogens is 1. The highest BCUT2D eigenvalue weighted by atomic mass is 16.5. The number of carbonyl (C=O) groups is 4. The summed E-state index contributed by atoms with van der Waals surface area (Å²) < 4.78 is 11.8. The maximum Gasteiger partial charge on any atom is 0.326 e. The number of hydrogen-bond donors (Lipinski definition) is 6. The smallest absolute Gasteiger partial charge is 0.326 e. The number of carboxylic acid groups (broad SMARTS) is 1. The van der Waals surface area contributed by atoms with Gasteiger partial charge in [0.1, 0.15) is 12.6 Å². The number of fused-ring (bicyclic) bond motifs is 1. The SMILES string of the molecule is CC.CC(C)(CCOC(C)(C)CNC(=O)c1ccccc1)OCC(=O)CCC(NC(=O)c1ccc(NCc2cnc3nc(N)[nH]c(=O)c3n2)cc1)C(=O)O. The van der Waals surface area contributed by atoms with E-state index in [1.807, 2.05) is 47.6 Å². The van der Waals surface area contributed by atoms with Crippen LogP contribution in [0.2, 0.25) is 0 Å². The number of rotatable bonds is 19. The summed E-state index contributed by atoms with van der Waals surface area (Å²) in [6.07, 6.45) is 1.69. The van der Waals surface area contributed by atoms with Gasteiger partial charge in [0.25, 0.3) is 17.4 Å². The number of ketones is 1. The van der Waals surface area contributed by atoms with Gasteiger partial charge in [-0.2, -0.15) is 4.98 Å². The zero-order valence-corrected chi connectivity index (χ0v) is 31.5. The third kappa shape index (κ3) is 13.7. The summed E-state index contributed by atoms with van der Waals surface area (Å²) in [7, 11) is 0. The lowest BCUT2D eigenvalue weighted by molar-refractivity contribution is -0.139. The first-order valence-electron chi connectivity index (χ1n) is 17.6. The van der Waals surface area contributed by atoms with Crippen LogP contribution in [0.1, 0.15) is 87.2 Å². The highest BCUT2D eigenvalue weighted by molar-refractivity contribution is 5.97. The van der Waals surface area contributed by atoms with Crippen molar-refractivity contribution in [3.8, 4) is 0 Å². The summed E-state index contributed by atoms with van der Waals surface area (Å²) in [5.41, 5.74) is 5.74. The predicted molar refractivity (Wildman–Crippen MR) is 204 cm³/mol. The van der Waals surface area contributed by atoms with Crippen molar-refractivity contribution in [2.45, 2.75) is 84.6 Å². The van der Waals surface area contributed by atoms with E-state index in [1.54, 1.807) is 36.4 Å². The molecule has 0 aliphatic carbocycles. The van der Waals surface area contributed by atoms with E-state index in [-0.39, 0.29) is 60.4 Å². The van der Waals surface area contributed by atoms with E-state index in [0.29, 0.717) is 36.5 Å². The van der Waals surface area contributed by atoms with Gasteiger partial charge in [0, 0.05) is 29.8 Å². The number of benzene rings is 2. The molecule has 16 nitrogen and oxygen atoms in total. The molecular weight excluding hydrogens is 696 g/mol. The number of aromatic nitrogens is 4. The molecule has 290 valence electrons. The number of Topliss-reactive ketones (excluding diaryl/α,β-unsaturated/α-hetero) is 1. The van der Waals surface area contributed by atoms with E-state index < -0.39 is 34.7 Å². The van der Waals surface area contributed by atoms with Crippen molar-refractivity contribution >= 4 is 46.4 Å². The number of nitrogens with two attached hydrogens (primary N) is 1. The molecule has 2 aromatic carbocycles. The maximum atomic E-state index is 12.8. The lowest BCUT2D eigenvalue weighted by atomic mass is 10.0. The summed E-state index contributed by atoms with van der Waals surface area (Å²) in [5.74, 6) is -2.44. The van der Waals surface area contributed by atoms with E-state index in [4.69, 9.17) is 15.2 Å². The molecule has 0 aliphatic rings. The van der Waals surface area contributed by atoms with Crippen molar-refractivity contribution in [3.63, 3.8) is 0 Å². The van der Waals surface area contributed by atoms with Crippen molar-refractivity contribution in [3.05, 3.63) is 88.0 Å². The van der Waals surface area contributed by atoms with Gasteiger partial charge in [0.2, 0.25) is 5.95 Å². The molecule has 16 heteroatoms. The molecule has 1 atom stereocenters. The number of nitrogen functional groups attached to an aromatic ring is 1. The molecule has 0 radical (unpaired) electrons. The molecule has 2 amide bonds. The molecule has 0 spiro atoms. The number of nitrogens with zero attached hydrogens (tertiary/aromatic N) is 3. The van der Waals surface area contributed by atoms with Crippen LogP contribution in [0, 0.1) is 0 Å². The minimum atomic E-state index is -1.29. The second-order valence-electron chi connectivity index (χ2n) is 13.3. The van der Waals surface area contributed by atoms with Crippen molar-refractivity contribution in [2.75, 3.05) is 30.8 Å². The van der Waals surface area contributed by atoms with Crippen LogP contribution in [0.5, 0.6) is 0 Å². The Morgan fingerprint density at radius 1 is 0.907 bits per heavy atom. The van der Waals surface area contributed by atoms with Crippen molar-refractivity contribution in [1.29, 1.82) is 0 Å². The minimum absolute atomic E-state index is 0.0527. The fourth-order valence-electron chi connectivity index (χ4n) is 4.82. The normalized spacial score (nSPS) is 11.9.